The minimum absolute atomic E-state index is 0.210. The Morgan fingerprint density at radius 3 is 2.69 bits per heavy atom. The van der Waals surface area contributed by atoms with Gasteiger partial charge in [0.05, 0.1) is 25.4 Å². The van der Waals surface area contributed by atoms with Crippen molar-refractivity contribution in [1.82, 2.24) is 0 Å². The normalized spacial score (nSPS) is 33.0. The molecule has 1 aliphatic rings. The molecule has 0 amide bonds. The first kappa shape index (κ1) is 11.4. The Balaban J connectivity index is 2.03. The SMILES string of the molecule is CCOCCOC1CC(Br)C1OC. The summed E-state index contributed by atoms with van der Waals surface area (Å²) in [5.41, 5.74) is 0. The van der Waals surface area contributed by atoms with Gasteiger partial charge in [-0.3, -0.25) is 0 Å². The second kappa shape index (κ2) is 5.96. The van der Waals surface area contributed by atoms with Crippen LogP contribution >= 0.6 is 15.9 Å². The van der Waals surface area contributed by atoms with Gasteiger partial charge in [0.25, 0.3) is 0 Å². The van der Waals surface area contributed by atoms with Crippen LogP contribution in [0.25, 0.3) is 0 Å². The molecule has 0 aromatic heterocycles. The summed E-state index contributed by atoms with van der Waals surface area (Å²) < 4.78 is 16.0. The lowest BCUT2D eigenvalue weighted by Crippen LogP contribution is -2.50. The number of halogens is 1. The van der Waals surface area contributed by atoms with Crippen molar-refractivity contribution in [3.8, 4) is 0 Å². The highest BCUT2D eigenvalue weighted by Crippen LogP contribution is 2.32. The Hall–Kier alpha value is 0.360. The Kier molecular flexibility index (Phi) is 5.24. The molecule has 1 fully saturated rings. The van der Waals surface area contributed by atoms with E-state index in [2.05, 4.69) is 15.9 Å². The van der Waals surface area contributed by atoms with Crippen LogP contribution < -0.4 is 0 Å². The molecule has 1 saturated carbocycles. The maximum atomic E-state index is 5.57. The zero-order valence-electron chi connectivity index (χ0n) is 8.16. The highest BCUT2D eigenvalue weighted by molar-refractivity contribution is 9.09. The van der Waals surface area contributed by atoms with E-state index in [1.165, 1.54) is 0 Å². The molecule has 13 heavy (non-hydrogen) atoms. The topological polar surface area (TPSA) is 27.7 Å². The zero-order chi connectivity index (χ0) is 9.68. The summed E-state index contributed by atoms with van der Waals surface area (Å²) in [6.45, 7) is 4.08. The Morgan fingerprint density at radius 2 is 2.15 bits per heavy atom. The number of rotatable bonds is 6. The van der Waals surface area contributed by atoms with Gasteiger partial charge in [0.1, 0.15) is 0 Å². The van der Waals surface area contributed by atoms with Crippen molar-refractivity contribution < 1.29 is 14.2 Å². The van der Waals surface area contributed by atoms with Gasteiger partial charge >= 0.3 is 0 Å². The second-order valence-corrected chi connectivity index (χ2v) is 4.23. The smallest absolute Gasteiger partial charge is 0.0958 e. The van der Waals surface area contributed by atoms with Gasteiger partial charge in [-0.1, -0.05) is 15.9 Å². The quantitative estimate of drug-likeness (QED) is 0.531. The molecular formula is C9H17BrO3. The minimum Gasteiger partial charge on any atom is -0.379 e. The van der Waals surface area contributed by atoms with Crippen molar-refractivity contribution in [2.75, 3.05) is 26.9 Å². The van der Waals surface area contributed by atoms with E-state index < -0.39 is 0 Å². The largest absolute Gasteiger partial charge is 0.379 e. The van der Waals surface area contributed by atoms with Crippen molar-refractivity contribution in [3.63, 3.8) is 0 Å². The number of methoxy groups -OCH3 is 1. The number of hydrogen-bond acceptors (Lipinski definition) is 3. The summed E-state index contributed by atoms with van der Waals surface area (Å²) in [7, 11) is 1.72. The third kappa shape index (κ3) is 3.20. The van der Waals surface area contributed by atoms with Gasteiger partial charge in [0, 0.05) is 18.5 Å². The number of hydrogen-bond donors (Lipinski definition) is 0. The molecule has 0 aromatic rings. The van der Waals surface area contributed by atoms with E-state index in [4.69, 9.17) is 14.2 Å². The van der Waals surface area contributed by atoms with Crippen molar-refractivity contribution >= 4 is 15.9 Å². The molecule has 0 radical (unpaired) electrons. The monoisotopic (exact) mass is 252 g/mol. The van der Waals surface area contributed by atoms with Crippen LogP contribution in [0, 0.1) is 0 Å². The summed E-state index contributed by atoms with van der Waals surface area (Å²) in [6, 6.07) is 0. The van der Waals surface area contributed by atoms with E-state index in [0.29, 0.717) is 18.0 Å². The molecule has 78 valence electrons. The molecule has 3 unspecified atom stereocenters. The number of alkyl halides is 1. The van der Waals surface area contributed by atoms with Crippen LogP contribution in [0.15, 0.2) is 0 Å². The maximum Gasteiger partial charge on any atom is 0.0958 e. The molecule has 0 N–H and O–H groups in total. The minimum atomic E-state index is 0.210. The molecule has 0 aromatic carbocycles. The molecule has 3 nitrogen and oxygen atoms in total. The molecule has 0 spiro atoms. The molecular weight excluding hydrogens is 236 g/mol. The van der Waals surface area contributed by atoms with Crippen molar-refractivity contribution in [2.45, 2.75) is 30.4 Å². The van der Waals surface area contributed by atoms with Gasteiger partial charge < -0.3 is 14.2 Å². The molecule has 1 rings (SSSR count). The Morgan fingerprint density at radius 1 is 1.38 bits per heavy atom. The van der Waals surface area contributed by atoms with E-state index in [9.17, 15) is 0 Å². The van der Waals surface area contributed by atoms with E-state index in [1.54, 1.807) is 7.11 Å². The predicted octanol–water partition coefficient (Wildman–Crippen LogP) is 1.59. The molecule has 4 heteroatoms. The van der Waals surface area contributed by atoms with Crippen LogP contribution in [0.3, 0.4) is 0 Å². The fraction of sp³-hybridized carbons (Fsp3) is 1.00. The van der Waals surface area contributed by atoms with E-state index in [-0.39, 0.29) is 12.2 Å². The average Bonchev–Trinajstić information content (AvgIpc) is 2.11. The summed E-state index contributed by atoms with van der Waals surface area (Å²) in [6.07, 6.45) is 1.49. The number of ether oxygens (including phenoxy) is 3. The first-order valence-corrected chi connectivity index (χ1v) is 5.57. The molecule has 3 atom stereocenters. The molecule has 0 heterocycles. The third-order valence-corrected chi connectivity index (χ3v) is 3.11. The van der Waals surface area contributed by atoms with Gasteiger partial charge in [-0.05, 0) is 13.3 Å². The summed E-state index contributed by atoms with van der Waals surface area (Å²) in [4.78, 5) is 0.453. The van der Waals surface area contributed by atoms with Crippen LogP contribution in [0.2, 0.25) is 0 Å². The molecule has 0 aliphatic heterocycles. The first-order valence-electron chi connectivity index (χ1n) is 4.65. The average molecular weight is 253 g/mol. The predicted molar refractivity (Wildman–Crippen MR) is 54.4 cm³/mol. The lowest BCUT2D eigenvalue weighted by atomic mass is 9.91. The Bertz CT molecular complexity index is 143. The van der Waals surface area contributed by atoms with Gasteiger partial charge in [-0.2, -0.15) is 0 Å². The first-order chi connectivity index (χ1) is 6.29. The fourth-order valence-electron chi connectivity index (χ4n) is 1.39. The van der Waals surface area contributed by atoms with Crippen LogP contribution in [0.1, 0.15) is 13.3 Å². The molecule has 0 saturated heterocycles. The standard InChI is InChI=1S/C9H17BrO3/c1-3-12-4-5-13-8-6-7(10)9(8)11-2/h7-9H,3-6H2,1-2H3. The zero-order valence-corrected chi connectivity index (χ0v) is 9.75. The van der Waals surface area contributed by atoms with Crippen LogP contribution in [0.4, 0.5) is 0 Å². The van der Waals surface area contributed by atoms with Crippen molar-refractivity contribution in [2.24, 2.45) is 0 Å². The van der Waals surface area contributed by atoms with Gasteiger partial charge in [-0.15, -0.1) is 0 Å². The van der Waals surface area contributed by atoms with Gasteiger partial charge in [0.15, 0.2) is 0 Å². The third-order valence-electron chi connectivity index (χ3n) is 2.22. The summed E-state index contributed by atoms with van der Waals surface area (Å²) in [5, 5.41) is 0. The van der Waals surface area contributed by atoms with Crippen molar-refractivity contribution in [3.05, 3.63) is 0 Å². The maximum absolute atomic E-state index is 5.57. The molecule has 1 aliphatic carbocycles. The highest BCUT2D eigenvalue weighted by atomic mass is 79.9. The molecule has 0 bridgehead atoms. The van der Waals surface area contributed by atoms with Crippen LogP contribution in [0.5, 0.6) is 0 Å². The Labute approximate surface area is 87.9 Å². The highest BCUT2D eigenvalue weighted by Gasteiger charge is 2.40. The van der Waals surface area contributed by atoms with E-state index in [1.807, 2.05) is 6.92 Å². The van der Waals surface area contributed by atoms with Crippen LogP contribution in [-0.4, -0.2) is 44.0 Å². The van der Waals surface area contributed by atoms with E-state index >= 15 is 0 Å². The summed E-state index contributed by atoms with van der Waals surface area (Å²) >= 11 is 3.51. The second-order valence-electron chi connectivity index (χ2n) is 3.06. The lowest BCUT2D eigenvalue weighted by molar-refractivity contribution is -0.115. The van der Waals surface area contributed by atoms with Crippen molar-refractivity contribution in [1.29, 1.82) is 0 Å². The summed E-state index contributed by atoms with van der Waals surface area (Å²) in [5.74, 6) is 0. The van der Waals surface area contributed by atoms with Gasteiger partial charge in [-0.25, -0.2) is 0 Å². The van der Waals surface area contributed by atoms with E-state index in [0.717, 1.165) is 13.0 Å². The van der Waals surface area contributed by atoms with Gasteiger partial charge in [0.2, 0.25) is 0 Å². The van der Waals surface area contributed by atoms with Crippen LogP contribution in [-0.2, 0) is 14.2 Å². The lowest BCUT2D eigenvalue weighted by Gasteiger charge is -2.39. The fourth-order valence-corrected chi connectivity index (χ4v) is 2.32.